The van der Waals surface area contributed by atoms with Crippen molar-refractivity contribution >= 4 is 17.5 Å². The molecule has 2 unspecified atom stereocenters. The van der Waals surface area contributed by atoms with Crippen molar-refractivity contribution in [2.75, 3.05) is 36.9 Å². The van der Waals surface area contributed by atoms with Crippen LogP contribution in [0, 0.1) is 0 Å². The third-order valence-electron chi connectivity index (χ3n) is 4.91. The molecular weight excluding hydrogens is 412 g/mol. The second kappa shape index (κ2) is 10.2. The highest BCUT2D eigenvalue weighted by molar-refractivity contribution is 5.68. The molecule has 0 aliphatic carbocycles. The number of benzene rings is 1. The molecular formula is C22H34N6O4. The molecule has 0 saturated carbocycles. The predicted molar refractivity (Wildman–Crippen MR) is 121 cm³/mol. The van der Waals surface area contributed by atoms with E-state index in [0.29, 0.717) is 31.2 Å². The number of nitrogens with zero attached hydrogens (tertiary/aromatic N) is 4. The molecule has 0 spiro atoms. The SMILES string of the molecule is CC(NC(=O)OC(C)(C)C)C(OCc1cc(N)cc(N2CCOCC2)c1)c1cnn(C)n1. The van der Waals surface area contributed by atoms with Gasteiger partial charge in [0.1, 0.15) is 17.4 Å². The number of hydrogen-bond donors (Lipinski definition) is 2. The number of anilines is 2. The molecule has 1 aromatic heterocycles. The Balaban J connectivity index is 1.73. The monoisotopic (exact) mass is 446 g/mol. The minimum atomic E-state index is -0.593. The van der Waals surface area contributed by atoms with Crippen molar-refractivity contribution in [3.8, 4) is 0 Å². The number of aryl methyl sites for hydroxylation is 1. The average molecular weight is 447 g/mol. The molecule has 3 N–H and O–H groups in total. The molecule has 10 nitrogen and oxygen atoms in total. The summed E-state index contributed by atoms with van der Waals surface area (Å²) < 4.78 is 17.1. The van der Waals surface area contributed by atoms with Crippen LogP contribution in [0.15, 0.2) is 24.4 Å². The third kappa shape index (κ3) is 6.83. The zero-order valence-electron chi connectivity index (χ0n) is 19.5. The maximum absolute atomic E-state index is 12.3. The molecule has 1 saturated heterocycles. The number of rotatable bonds is 7. The van der Waals surface area contributed by atoms with E-state index in [1.807, 2.05) is 39.8 Å². The van der Waals surface area contributed by atoms with E-state index in [1.54, 1.807) is 13.2 Å². The first-order chi connectivity index (χ1) is 15.1. The summed E-state index contributed by atoms with van der Waals surface area (Å²) in [5, 5.41) is 11.4. The van der Waals surface area contributed by atoms with Gasteiger partial charge < -0.3 is 30.2 Å². The fraction of sp³-hybridized carbons (Fsp3) is 0.591. The van der Waals surface area contributed by atoms with Gasteiger partial charge in [0.15, 0.2) is 0 Å². The highest BCUT2D eigenvalue weighted by Gasteiger charge is 2.27. The lowest BCUT2D eigenvalue weighted by molar-refractivity contribution is 0.00578. The molecule has 1 fully saturated rings. The minimum Gasteiger partial charge on any atom is -0.444 e. The summed E-state index contributed by atoms with van der Waals surface area (Å²) in [5.74, 6) is 0. The van der Waals surface area contributed by atoms with Gasteiger partial charge in [0.25, 0.3) is 0 Å². The molecule has 1 aliphatic heterocycles. The van der Waals surface area contributed by atoms with Crippen LogP contribution in [0.3, 0.4) is 0 Å². The first kappa shape index (κ1) is 23.8. The number of amides is 1. The molecule has 176 valence electrons. The number of alkyl carbamates (subject to hydrolysis) is 1. The maximum Gasteiger partial charge on any atom is 0.407 e. The normalized spacial score (nSPS) is 16.5. The maximum atomic E-state index is 12.3. The zero-order valence-corrected chi connectivity index (χ0v) is 19.5. The summed E-state index contributed by atoms with van der Waals surface area (Å²) in [6.07, 6.45) is 0.599. The summed E-state index contributed by atoms with van der Waals surface area (Å²) in [6, 6.07) is 5.52. The van der Waals surface area contributed by atoms with Gasteiger partial charge in [0, 0.05) is 31.5 Å². The number of carbonyl (C=O) groups is 1. The highest BCUT2D eigenvalue weighted by Crippen LogP contribution is 2.26. The Kier molecular flexibility index (Phi) is 7.57. The number of nitrogens with one attached hydrogen (secondary N) is 1. The van der Waals surface area contributed by atoms with Gasteiger partial charge in [0.2, 0.25) is 0 Å². The second-order valence-electron chi connectivity index (χ2n) is 8.96. The Labute approximate surface area is 189 Å². The van der Waals surface area contributed by atoms with Gasteiger partial charge in [-0.05, 0) is 51.5 Å². The number of carbonyl (C=O) groups excluding carboxylic acids is 1. The van der Waals surface area contributed by atoms with Gasteiger partial charge >= 0.3 is 6.09 Å². The van der Waals surface area contributed by atoms with Gasteiger partial charge in [-0.1, -0.05) is 0 Å². The Bertz CT molecular complexity index is 904. The number of nitrogens with two attached hydrogens (primary N) is 1. The number of aromatic nitrogens is 3. The quantitative estimate of drug-likeness (QED) is 0.623. The number of hydrogen-bond acceptors (Lipinski definition) is 8. The van der Waals surface area contributed by atoms with Crippen molar-refractivity contribution in [1.82, 2.24) is 20.3 Å². The fourth-order valence-corrected chi connectivity index (χ4v) is 3.52. The first-order valence-corrected chi connectivity index (χ1v) is 10.8. The van der Waals surface area contributed by atoms with Gasteiger partial charge in [-0.2, -0.15) is 15.0 Å². The topological polar surface area (TPSA) is 117 Å². The van der Waals surface area contributed by atoms with Crippen LogP contribution in [0.1, 0.15) is 45.1 Å². The van der Waals surface area contributed by atoms with E-state index in [2.05, 4.69) is 26.5 Å². The van der Waals surface area contributed by atoms with Crippen LogP contribution in [0.2, 0.25) is 0 Å². The largest absolute Gasteiger partial charge is 0.444 e. The number of nitrogen functional groups attached to an aromatic ring is 1. The van der Waals surface area contributed by atoms with E-state index in [9.17, 15) is 4.79 Å². The average Bonchev–Trinajstić information content (AvgIpc) is 3.13. The van der Waals surface area contributed by atoms with Crippen molar-refractivity contribution in [1.29, 1.82) is 0 Å². The van der Waals surface area contributed by atoms with Crippen molar-refractivity contribution in [3.05, 3.63) is 35.7 Å². The van der Waals surface area contributed by atoms with Gasteiger partial charge in [-0.25, -0.2) is 4.79 Å². The summed E-state index contributed by atoms with van der Waals surface area (Å²) in [6.45, 7) is 10.6. The molecule has 3 rings (SSSR count). The smallest absolute Gasteiger partial charge is 0.407 e. The predicted octanol–water partition coefficient (Wildman–Crippen LogP) is 2.41. The standard InChI is InChI=1S/C22H34N6O4/c1-15(25-21(29)32-22(2,3)4)20(19-13-24-27(5)26-19)31-14-16-10-17(23)12-18(11-16)28-6-8-30-9-7-28/h10-13,15,20H,6-9,14,23H2,1-5H3,(H,25,29). The van der Waals surface area contributed by atoms with E-state index in [0.717, 1.165) is 24.3 Å². The van der Waals surface area contributed by atoms with Crippen LogP contribution in [0.4, 0.5) is 16.2 Å². The van der Waals surface area contributed by atoms with Gasteiger partial charge in [0.05, 0.1) is 32.1 Å². The van der Waals surface area contributed by atoms with Crippen LogP contribution in [0.5, 0.6) is 0 Å². The lowest BCUT2D eigenvalue weighted by Gasteiger charge is -2.29. The van der Waals surface area contributed by atoms with E-state index in [4.69, 9.17) is 19.9 Å². The summed E-state index contributed by atoms with van der Waals surface area (Å²) in [7, 11) is 1.74. The molecule has 0 radical (unpaired) electrons. The van der Waals surface area contributed by atoms with Crippen LogP contribution >= 0.6 is 0 Å². The van der Waals surface area contributed by atoms with Crippen LogP contribution in [-0.4, -0.2) is 59.0 Å². The van der Waals surface area contributed by atoms with E-state index >= 15 is 0 Å². The Morgan fingerprint density at radius 3 is 2.62 bits per heavy atom. The lowest BCUT2D eigenvalue weighted by atomic mass is 10.1. The number of morpholine rings is 1. The van der Waals surface area contributed by atoms with Crippen molar-refractivity contribution in [3.63, 3.8) is 0 Å². The Morgan fingerprint density at radius 2 is 2.00 bits per heavy atom. The Hall–Kier alpha value is -2.85. The summed E-state index contributed by atoms with van der Waals surface area (Å²) in [5.41, 5.74) is 8.83. The summed E-state index contributed by atoms with van der Waals surface area (Å²) >= 11 is 0. The molecule has 2 atom stereocenters. The van der Waals surface area contributed by atoms with Crippen LogP contribution < -0.4 is 16.0 Å². The van der Waals surface area contributed by atoms with Crippen molar-refractivity contribution in [2.45, 2.75) is 52.0 Å². The molecule has 0 bridgehead atoms. The molecule has 2 aromatic rings. The van der Waals surface area contributed by atoms with E-state index < -0.39 is 23.8 Å². The van der Waals surface area contributed by atoms with Crippen molar-refractivity contribution in [2.24, 2.45) is 7.05 Å². The van der Waals surface area contributed by atoms with Gasteiger partial charge in [-0.3, -0.25) is 0 Å². The summed E-state index contributed by atoms with van der Waals surface area (Å²) in [4.78, 5) is 16.0. The molecule has 1 amide bonds. The van der Waals surface area contributed by atoms with Crippen molar-refractivity contribution < 1.29 is 19.0 Å². The lowest BCUT2D eigenvalue weighted by Crippen LogP contribution is -2.41. The third-order valence-corrected chi connectivity index (χ3v) is 4.91. The van der Waals surface area contributed by atoms with Crippen LogP contribution in [-0.2, 0) is 27.9 Å². The first-order valence-electron chi connectivity index (χ1n) is 10.8. The molecule has 10 heteroatoms. The van der Waals surface area contributed by atoms with E-state index in [1.165, 1.54) is 4.80 Å². The van der Waals surface area contributed by atoms with E-state index in [-0.39, 0.29) is 0 Å². The van der Waals surface area contributed by atoms with Gasteiger partial charge in [-0.15, -0.1) is 0 Å². The molecule has 2 heterocycles. The highest BCUT2D eigenvalue weighted by atomic mass is 16.6. The second-order valence-corrected chi connectivity index (χ2v) is 8.96. The minimum absolute atomic E-state index is 0.296. The number of ether oxygens (including phenoxy) is 3. The molecule has 32 heavy (non-hydrogen) atoms. The Morgan fingerprint density at radius 1 is 1.28 bits per heavy atom. The molecule has 1 aromatic carbocycles. The zero-order chi connectivity index (χ0) is 23.3. The van der Waals surface area contributed by atoms with Crippen LogP contribution in [0.25, 0.3) is 0 Å². The fourth-order valence-electron chi connectivity index (χ4n) is 3.52. The molecule has 1 aliphatic rings.